The van der Waals surface area contributed by atoms with Gasteiger partial charge in [-0.1, -0.05) is 6.92 Å². The molecular formula is C14H22ClN3O. The summed E-state index contributed by atoms with van der Waals surface area (Å²) < 4.78 is 5.40. The van der Waals surface area contributed by atoms with E-state index in [2.05, 4.69) is 22.2 Å². The van der Waals surface area contributed by atoms with Crippen molar-refractivity contribution < 1.29 is 4.74 Å². The van der Waals surface area contributed by atoms with Gasteiger partial charge in [-0.05, 0) is 38.5 Å². The van der Waals surface area contributed by atoms with Crippen LogP contribution in [0.25, 0.3) is 0 Å². The van der Waals surface area contributed by atoms with E-state index in [0.29, 0.717) is 24.3 Å². The number of alkyl halides is 1. The molecule has 5 heteroatoms. The molecule has 1 aromatic heterocycles. The number of ether oxygens (including phenoxy) is 1. The molecule has 0 aromatic carbocycles. The number of hydrogen-bond donors (Lipinski definition) is 1. The SMILES string of the molecule is CCOc1ccnc(NC2(CCl)CCC(C)CC2)n1. The summed E-state index contributed by atoms with van der Waals surface area (Å²) in [6.07, 6.45) is 6.25. The van der Waals surface area contributed by atoms with Gasteiger partial charge in [0.05, 0.1) is 12.1 Å². The molecule has 4 nitrogen and oxygen atoms in total. The fraction of sp³-hybridized carbons (Fsp3) is 0.714. The Morgan fingerprint density at radius 2 is 2.21 bits per heavy atom. The lowest BCUT2D eigenvalue weighted by Gasteiger charge is -2.38. The van der Waals surface area contributed by atoms with Crippen molar-refractivity contribution in [3.8, 4) is 5.88 Å². The van der Waals surface area contributed by atoms with Crippen LogP contribution in [0, 0.1) is 5.92 Å². The number of nitrogens with zero attached hydrogens (tertiary/aromatic N) is 2. The van der Waals surface area contributed by atoms with E-state index in [1.54, 1.807) is 12.3 Å². The van der Waals surface area contributed by atoms with Crippen molar-refractivity contribution in [3.63, 3.8) is 0 Å². The van der Waals surface area contributed by atoms with Crippen molar-refractivity contribution >= 4 is 17.5 Å². The third kappa shape index (κ3) is 3.72. The van der Waals surface area contributed by atoms with Crippen LogP contribution in [-0.4, -0.2) is 28.0 Å². The van der Waals surface area contributed by atoms with Crippen molar-refractivity contribution in [2.45, 2.75) is 45.1 Å². The lowest BCUT2D eigenvalue weighted by Crippen LogP contribution is -2.44. The molecule has 0 amide bonds. The molecule has 106 valence electrons. The molecule has 1 saturated carbocycles. The zero-order chi connectivity index (χ0) is 13.7. The average Bonchev–Trinajstić information content (AvgIpc) is 2.43. The number of nitrogens with one attached hydrogen (secondary N) is 1. The minimum atomic E-state index is -0.0705. The summed E-state index contributed by atoms with van der Waals surface area (Å²) in [5.41, 5.74) is -0.0705. The zero-order valence-corrected chi connectivity index (χ0v) is 12.4. The first-order valence-corrected chi connectivity index (χ1v) is 7.51. The highest BCUT2D eigenvalue weighted by atomic mass is 35.5. The summed E-state index contributed by atoms with van der Waals surface area (Å²) in [5, 5.41) is 3.43. The number of anilines is 1. The molecule has 2 rings (SSSR count). The quantitative estimate of drug-likeness (QED) is 0.841. The second-order valence-electron chi connectivity index (χ2n) is 5.37. The Balaban J connectivity index is 2.07. The highest BCUT2D eigenvalue weighted by Gasteiger charge is 2.34. The summed E-state index contributed by atoms with van der Waals surface area (Å²) in [7, 11) is 0. The summed E-state index contributed by atoms with van der Waals surface area (Å²) in [5.74, 6) is 2.59. The van der Waals surface area contributed by atoms with Crippen LogP contribution in [0.1, 0.15) is 39.5 Å². The summed E-state index contributed by atoms with van der Waals surface area (Å²) in [4.78, 5) is 8.63. The predicted molar refractivity (Wildman–Crippen MR) is 77.9 cm³/mol. The topological polar surface area (TPSA) is 47.0 Å². The first kappa shape index (κ1) is 14.4. The molecule has 1 aromatic rings. The highest BCUT2D eigenvalue weighted by Crippen LogP contribution is 2.35. The largest absolute Gasteiger partial charge is 0.478 e. The average molecular weight is 284 g/mol. The number of aromatic nitrogens is 2. The predicted octanol–water partition coefficient (Wildman–Crippen LogP) is 3.47. The standard InChI is InChI=1S/C14H22ClN3O/c1-3-19-12-6-9-16-13(17-12)18-14(10-15)7-4-11(2)5-8-14/h6,9,11H,3-5,7-8,10H2,1-2H3,(H,16,17,18). The minimum Gasteiger partial charge on any atom is -0.478 e. The van der Waals surface area contributed by atoms with Crippen LogP contribution in [0.4, 0.5) is 5.95 Å². The van der Waals surface area contributed by atoms with Gasteiger partial charge in [-0.15, -0.1) is 11.6 Å². The Morgan fingerprint density at radius 3 is 2.84 bits per heavy atom. The zero-order valence-electron chi connectivity index (χ0n) is 11.7. The molecule has 19 heavy (non-hydrogen) atoms. The molecule has 0 radical (unpaired) electrons. The van der Waals surface area contributed by atoms with Gasteiger partial charge in [0.1, 0.15) is 0 Å². The third-order valence-corrected chi connectivity index (χ3v) is 4.30. The molecule has 1 aliphatic rings. The Hall–Kier alpha value is -1.03. The summed E-state index contributed by atoms with van der Waals surface area (Å²) in [6, 6.07) is 1.77. The first-order valence-electron chi connectivity index (χ1n) is 6.97. The van der Waals surface area contributed by atoms with Gasteiger partial charge in [-0.3, -0.25) is 0 Å². The van der Waals surface area contributed by atoms with Gasteiger partial charge in [0.25, 0.3) is 0 Å². The molecule has 0 atom stereocenters. The van der Waals surface area contributed by atoms with Crippen LogP contribution in [-0.2, 0) is 0 Å². The minimum absolute atomic E-state index is 0.0705. The summed E-state index contributed by atoms with van der Waals surface area (Å²) >= 11 is 6.19. The number of rotatable bonds is 5. The van der Waals surface area contributed by atoms with Gasteiger partial charge in [0, 0.05) is 18.1 Å². The van der Waals surface area contributed by atoms with Crippen molar-refractivity contribution in [1.82, 2.24) is 9.97 Å². The second kappa shape index (κ2) is 6.42. The van der Waals surface area contributed by atoms with E-state index in [1.165, 1.54) is 12.8 Å². The maximum atomic E-state index is 6.19. The van der Waals surface area contributed by atoms with Crippen molar-refractivity contribution in [2.24, 2.45) is 5.92 Å². The Bertz CT molecular complexity index is 405. The maximum absolute atomic E-state index is 6.19. The maximum Gasteiger partial charge on any atom is 0.226 e. The van der Waals surface area contributed by atoms with Gasteiger partial charge in [-0.2, -0.15) is 4.98 Å². The molecule has 1 N–H and O–H groups in total. The van der Waals surface area contributed by atoms with E-state index in [-0.39, 0.29) is 5.54 Å². The number of halogens is 1. The van der Waals surface area contributed by atoms with Gasteiger partial charge in [-0.25, -0.2) is 4.98 Å². The van der Waals surface area contributed by atoms with Gasteiger partial charge < -0.3 is 10.1 Å². The lowest BCUT2D eigenvalue weighted by atomic mass is 9.78. The molecule has 0 spiro atoms. The van der Waals surface area contributed by atoms with Crippen molar-refractivity contribution in [2.75, 3.05) is 17.8 Å². The molecule has 0 bridgehead atoms. The molecule has 1 aliphatic carbocycles. The second-order valence-corrected chi connectivity index (χ2v) is 5.64. The highest BCUT2D eigenvalue weighted by molar-refractivity contribution is 6.18. The Kier molecular flexibility index (Phi) is 4.86. The molecule has 0 aliphatic heterocycles. The molecular weight excluding hydrogens is 262 g/mol. The third-order valence-electron chi connectivity index (χ3n) is 3.79. The normalized spacial score (nSPS) is 27.0. The van der Waals surface area contributed by atoms with Crippen LogP contribution in [0.3, 0.4) is 0 Å². The van der Waals surface area contributed by atoms with Crippen LogP contribution in [0.5, 0.6) is 5.88 Å². The first-order chi connectivity index (χ1) is 9.17. The molecule has 1 heterocycles. The van der Waals surface area contributed by atoms with Crippen LogP contribution < -0.4 is 10.1 Å². The molecule has 0 unspecified atom stereocenters. The van der Waals surface area contributed by atoms with Crippen LogP contribution in [0.2, 0.25) is 0 Å². The fourth-order valence-corrected chi connectivity index (χ4v) is 2.81. The molecule has 1 fully saturated rings. The Morgan fingerprint density at radius 1 is 1.47 bits per heavy atom. The van der Waals surface area contributed by atoms with Gasteiger partial charge in [0.15, 0.2) is 0 Å². The van der Waals surface area contributed by atoms with E-state index in [9.17, 15) is 0 Å². The van der Waals surface area contributed by atoms with Crippen LogP contribution >= 0.6 is 11.6 Å². The van der Waals surface area contributed by atoms with Crippen molar-refractivity contribution in [3.05, 3.63) is 12.3 Å². The van der Waals surface area contributed by atoms with Gasteiger partial charge in [0.2, 0.25) is 11.8 Å². The van der Waals surface area contributed by atoms with Crippen molar-refractivity contribution in [1.29, 1.82) is 0 Å². The summed E-state index contributed by atoms with van der Waals surface area (Å²) in [6.45, 7) is 4.84. The van der Waals surface area contributed by atoms with E-state index < -0.39 is 0 Å². The van der Waals surface area contributed by atoms with Gasteiger partial charge >= 0.3 is 0 Å². The van der Waals surface area contributed by atoms with E-state index in [1.807, 2.05) is 6.92 Å². The Labute approximate surface area is 119 Å². The fourth-order valence-electron chi connectivity index (χ4n) is 2.47. The lowest BCUT2D eigenvalue weighted by molar-refractivity contribution is 0.285. The molecule has 0 saturated heterocycles. The van der Waals surface area contributed by atoms with E-state index in [0.717, 1.165) is 18.8 Å². The van der Waals surface area contributed by atoms with E-state index in [4.69, 9.17) is 16.3 Å². The van der Waals surface area contributed by atoms with E-state index >= 15 is 0 Å². The monoisotopic (exact) mass is 283 g/mol. The van der Waals surface area contributed by atoms with Crippen LogP contribution in [0.15, 0.2) is 12.3 Å². The smallest absolute Gasteiger partial charge is 0.226 e. The number of hydrogen-bond acceptors (Lipinski definition) is 4.